The van der Waals surface area contributed by atoms with Crippen LogP contribution in [0, 0.1) is 12.7 Å². The van der Waals surface area contributed by atoms with E-state index in [0.29, 0.717) is 16.8 Å². The molecule has 4 rings (SSSR count). The van der Waals surface area contributed by atoms with Crippen LogP contribution in [0.5, 0.6) is 0 Å². The fourth-order valence-corrected chi connectivity index (χ4v) is 3.92. The molecule has 0 aliphatic carbocycles. The predicted molar refractivity (Wildman–Crippen MR) is 131 cm³/mol. The molecule has 0 saturated heterocycles. The lowest BCUT2D eigenvalue weighted by Crippen LogP contribution is -2.06. The standard InChI is InChI=1S/C28H25FN2O3/c1-19(30-34-18-22-9-7-8-12-25(22)28(32)33-3)26-17-27(21-13-15-23(29)16-14-21)31(20(26)2)24-10-5-4-6-11-24/h4-17H,18H2,1-3H3/b30-19+. The molecular formula is C28H25FN2O3. The number of ether oxygens (including phenoxy) is 1. The molecule has 0 N–H and O–H groups in total. The number of para-hydroxylation sites is 1. The van der Waals surface area contributed by atoms with Crippen molar-refractivity contribution in [2.24, 2.45) is 5.16 Å². The minimum absolute atomic E-state index is 0.131. The van der Waals surface area contributed by atoms with Crippen molar-refractivity contribution in [2.45, 2.75) is 20.5 Å². The summed E-state index contributed by atoms with van der Waals surface area (Å²) in [4.78, 5) is 17.6. The Labute approximate surface area is 198 Å². The highest BCUT2D eigenvalue weighted by Gasteiger charge is 2.17. The van der Waals surface area contributed by atoms with Crippen LogP contribution in [-0.2, 0) is 16.2 Å². The molecule has 0 unspecified atom stereocenters. The number of carbonyl (C=O) groups is 1. The molecule has 0 aliphatic rings. The molecule has 3 aromatic carbocycles. The summed E-state index contributed by atoms with van der Waals surface area (Å²) < 4.78 is 20.5. The van der Waals surface area contributed by atoms with E-state index in [-0.39, 0.29) is 12.4 Å². The van der Waals surface area contributed by atoms with Gasteiger partial charge in [-0.25, -0.2) is 9.18 Å². The van der Waals surface area contributed by atoms with Crippen LogP contribution in [0.4, 0.5) is 4.39 Å². The molecule has 0 spiro atoms. The topological polar surface area (TPSA) is 52.8 Å². The zero-order valence-corrected chi connectivity index (χ0v) is 19.3. The maximum Gasteiger partial charge on any atom is 0.338 e. The Kier molecular flexibility index (Phi) is 6.87. The summed E-state index contributed by atoms with van der Waals surface area (Å²) in [5.74, 6) is -0.698. The molecule has 6 heteroatoms. The Morgan fingerprint density at radius 1 is 0.941 bits per heavy atom. The van der Waals surface area contributed by atoms with E-state index in [1.165, 1.54) is 19.2 Å². The van der Waals surface area contributed by atoms with E-state index >= 15 is 0 Å². The quantitative estimate of drug-likeness (QED) is 0.186. The third-order valence-electron chi connectivity index (χ3n) is 5.64. The second kappa shape index (κ2) is 10.2. The van der Waals surface area contributed by atoms with Crippen molar-refractivity contribution in [2.75, 3.05) is 7.11 Å². The SMILES string of the molecule is COC(=O)c1ccccc1CO/N=C(\C)c1cc(-c2ccc(F)cc2)n(-c2ccccc2)c1C. The van der Waals surface area contributed by atoms with Gasteiger partial charge in [0.15, 0.2) is 0 Å². The molecule has 5 nitrogen and oxygen atoms in total. The first-order valence-electron chi connectivity index (χ1n) is 10.9. The molecule has 172 valence electrons. The lowest BCUT2D eigenvalue weighted by molar-refractivity contribution is 0.0593. The summed E-state index contributed by atoms with van der Waals surface area (Å²) in [6, 6.07) is 25.5. The van der Waals surface area contributed by atoms with E-state index in [1.807, 2.05) is 56.3 Å². The Morgan fingerprint density at radius 2 is 1.62 bits per heavy atom. The van der Waals surface area contributed by atoms with Gasteiger partial charge in [-0.05, 0) is 67.9 Å². The Hall–Kier alpha value is -4.19. The van der Waals surface area contributed by atoms with Gasteiger partial charge in [0, 0.05) is 22.5 Å². The summed E-state index contributed by atoms with van der Waals surface area (Å²) in [5.41, 5.74) is 6.51. The average molecular weight is 457 g/mol. The minimum Gasteiger partial charge on any atom is -0.465 e. The number of esters is 1. The fraction of sp³-hybridized carbons (Fsp3) is 0.143. The lowest BCUT2D eigenvalue weighted by atomic mass is 10.1. The van der Waals surface area contributed by atoms with Crippen molar-refractivity contribution in [3.8, 4) is 16.9 Å². The zero-order valence-electron chi connectivity index (χ0n) is 19.3. The average Bonchev–Trinajstić information content (AvgIpc) is 3.21. The molecule has 0 radical (unpaired) electrons. The maximum absolute atomic E-state index is 13.5. The van der Waals surface area contributed by atoms with Crippen LogP contribution in [0.25, 0.3) is 16.9 Å². The molecule has 0 atom stereocenters. The van der Waals surface area contributed by atoms with Crippen LogP contribution in [0.2, 0.25) is 0 Å². The predicted octanol–water partition coefficient (Wildman–Crippen LogP) is 6.32. The number of methoxy groups -OCH3 is 1. The van der Waals surface area contributed by atoms with Gasteiger partial charge < -0.3 is 14.1 Å². The second-order valence-corrected chi connectivity index (χ2v) is 7.81. The van der Waals surface area contributed by atoms with E-state index in [4.69, 9.17) is 9.57 Å². The summed E-state index contributed by atoms with van der Waals surface area (Å²) in [7, 11) is 1.35. The van der Waals surface area contributed by atoms with E-state index < -0.39 is 5.97 Å². The van der Waals surface area contributed by atoms with Crippen molar-refractivity contribution < 1.29 is 18.8 Å². The summed E-state index contributed by atoms with van der Waals surface area (Å²) in [6.07, 6.45) is 0. The molecule has 1 heterocycles. The maximum atomic E-state index is 13.5. The third-order valence-corrected chi connectivity index (χ3v) is 5.64. The minimum atomic E-state index is -0.417. The highest BCUT2D eigenvalue weighted by Crippen LogP contribution is 2.30. The van der Waals surface area contributed by atoms with Crippen molar-refractivity contribution in [1.29, 1.82) is 0 Å². The van der Waals surface area contributed by atoms with E-state index in [0.717, 1.165) is 28.2 Å². The number of rotatable bonds is 7. The third kappa shape index (κ3) is 4.76. The Balaban J connectivity index is 1.67. The van der Waals surface area contributed by atoms with Gasteiger partial charge in [-0.3, -0.25) is 0 Å². The van der Waals surface area contributed by atoms with Gasteiger partial charge in [0.1, 0.15) is 12.4 Å². The van der Waals surface area contributed by atoms with Crippen LogP contribution in [0.1, 0.15) is 34.1 Å². The molecule has 0 aliphatic heterocycles. The number of aromatic nitrogens is 1. The number of oxime groups is 1. The van der Waals surface area contributed by atoms with E-state index in [2.05, 4.69) is 9.72 Å². The number of carbonyl (C=O) groups excluding carboxylic acids is 1. The monoisotopic (exact) mass is 456 g/mol. The van der Waals surface area contributed by atoms with E-state index in [1.54, 1.807) is 30.3 Å². The number of halogens is 1. The first-order valence-corrected chi connectivity index (χ1v) is 10.9. The van der Waals surface area contributed by atoms with Crippen molar-refractivity contribution in [1.82, 2.24) is 4.57 Å². The molecule has 0 amide bonds. The van der Waals surface area contributed by atoms with Crippen LogP contribution < -0.4 is 0 Å². The largest absolute Gasteiger partial charge is 0.465 e. The molecule has 0 fully saturated rings. The number of hydrogen-bond donors (Lipinski definition) is 0. The summed E-state index contributed by atoms with van der Waals surface area (Å²) in [6.45, 7) is 4.02. The smallest absolute Gasteiger partial charge is 0.338 e. The summed E-state index contributed by atoms with van der Waals surface area (Å²) in [5, 5.41) is 4.32. The van der Waals surface area contributed by atoms with Crippen LogP contribution in [0.15, 0.2) is 90.1 Å². The molecule has 34 heavy (non-hydrogen) atoms. The normalized spacial score (nSPS) is 11.4. The highest BCUT2D eigenvalue weighted by molar-refractivity contribution is 6.01. The molecule has 1 aromatic heterocycles. The first kappa shape index (κ1) is 23.0. The van der Waals surface area contributed by atoms with E-state index in [9.17, 15) is 9.18 Å². The highest BCUT2D eigenvalue weighted by atomic mass is 19.1. The number of nitrogens with zero attached hydrogens (tertiary/aromatic N) is 2. The number of benzene rings is 3. The lowest BCUT2D eigenvalue weighted by Gasteiger charge is -2.12. The van der Waals surface area contributed by atoms with Crippen molar-refractivity contribution in [3.05, 3.63) is 113 Å². The van der Waals surface area contributed by atoms with Crippen LogP contribution >= 0.6 is 0 Å². The molecule has 0 bridgehead atoms. The Morgan fingerprint density at radius 3 is 2.32 bits per heavy atom. The van der Waals surface area contributed by atoms with Crippen LogP contribution in [-0.4, -0.2) is 23.4 Å². The van der Waals surface area contributed by atoms with Gasteiger partial charge in [0.25, 0.3) is 0 Å². The van der Waals surface area contributed by atoms with Crippen molar-refractivity contribution in [3.63, 3.8) is 0 Å². The van der Waals surface area contributed by atoms with Gasteiger partial charge in [-0.2, -0.15) is 0 Å². The summed E-state index contributed by atoms with van der Waals surface area (Å²) >= 11 is 0. The molecular weight excluding hydrogens is 431 g/mol. The Bertz CT molecular complexity index is 1330. The second-order valence-electron chi connectivity index (χ2n) is 7.81. The van der Waals surface area contributed by atoms with Crippen molar-refractivity contribution >= 4 is 11.7 Å². The first-order chi connectivity index (χ1) is 16.5. The van der Waals surface area contributed by atoms with Gasteiger partial charge >= 0.3 is 5.97 Å². The number of hydrogen-bond acceptors (Lipinski definition) is 4. The fourth-order valence-electron chi connectivity index (χ4n) is 3.92. The zero-order chi connectivity index (χ0) is 24.1. The van der Waals surface area contributed by atoms with Gasteiger partial charge in [-0.1, -0.05) is 41.6 Å². The van der Waals surface area contributed by atoms with Gasteiger partial charge in [0.05, 0.1) is 24.1 Å². The van der Waals surface area contributed by atoms with Crippen LogP contribution in [0.3, 0.4) is 0 Å². The van der Waals surface area contributed by atoms with Gasteiger partial charge in [0.2, 0.25) is 0 Å². The molecule has 0 saturated carbocycles. The molecule has 4 aromatic rings. The van der Waals surface area contributed by atoms with Gasteiger partial charge in [-0.15, -0.1) is 0 Å².